The Morgan fingerprint density at radius 3 is 1.57 bits per heavy atom. The van der Waals surface area contributed by atoms with E-state index in [9.17, 15) is 0 Å². The molecule has 54 heavy (non-hydrogen) atoms. The third-order valence-electron chi connectivity index (χ3n) is 10.7. The van der Waals surface area contributed by atoms with Crippen molar-refractivity contribution in [2.24, 2.45) is 0 Å². The molecule has 1 heterocycles. The van der Waals surface area contributed by atoms with Gasteiger partial charge in [0.05, 0.1) is 23.8 Å². The van der Waals surface area contributed by atoms with E-state index in [1.807, 2.05) is 30.6 Å². The van der Waals surface area contributed by atoms with Crippen molar-refractivity contribution in [3.8, 4) is 22.4 Å². The van der Waals surface area contributed by atoms with Crippen LogP contribution in [0.1, 0.15) is 33.4 Å². The number of hydrogen-bond donors (Lipinski definition) is 0. The Hall–Kier alpha value is -6.26. The van der Waals surface area contributed by atoms with E-state index < -0.39 is 0 Å². The summed E-state index contributed by atoms with van der Waals surface area (Å²) in [6.45, 7) is 13.5. The summed E-state index contributed by atoms with van der Waals surface area (Å²) < 4.78 is 0. The van der Waals surface area contributed by atoms with Gasteiger partial charge in [-0.2, -0.15) is 0 Å². The lowest BCUT2D eigenvalue weighted by atomic mass is 9.34. The molecule has 0 atom stereocenters. The van der Waals surface area contributed by atoms with Crippen LogP contribution in [0.15, 0.2) is 158 Å². The maximum absolute atomic E-state index is 5.10. The zero-order valence-corrected chi connectivity index (χ0v) is 31.9. The minimum absolute atomic E-state index is 0.0826. The lowest BCUT2D eigenvalue weighted by molar-refractivity contribution is 1.13. The van der Waals surface area contributed by atoms with E-state index >= 15 is 0 Å². The molecular formula is C50H44BN3. The highest BCUT2D eigenvalue weighted by Crippen LogP contribution is 2.43. The molecule has 4 heteroatoms. The standard InChI is InChI=1S/C50H44BN3/c1-33-27-35(3)49(36(4)28-33)51(50-37(5)29-34(2)30-38(50)6)42-22-24-43(25-23-42)54(47-32-52-45(31-53-47)40-16-9-7-10-17-40)46-26-21-39-15-13-14-20-44(39)48(46)41-18-11-8-12-19-41/h7-32H,1-6H3. The molecule has 8 rings (SSSR count). The average molecular weight is 698 g/mol. The second-order valence-corrected chi connectivity index (χ2v) is 14.7. The summed E-state index contributed by atoms with van der Waals surface area (Å²) in [5.74, 6) is 0.752. The van der Waals surface area contributed by atoms with E-state index in [1.54, 1.807) is 0 Å². The van der Waals surface area contributed by atoms with E-state index in [2.05, 4.69) is 174 Å². The van der Waals surface area contributed by atoms with E-state index in [0.717, 1.165) is 39.6 Å². The van der Waals surface area contributed by atoms with E-state index in [1.165, 1.54) is 60.5 Å². The van der Waals surface area contributed by atoms with Crippen molar-refractivity contribution in [2.45, 2.75) is 41.5 Å². The normalized spacial score (nSPS) is 11.1. The molecule has 7 aromatic carbocycles. The molecule has 0 aliphatic carbocycles. The average Bonchev–Trinajstić information content (AvgIpc) is 3.18. The quantitative estimate of drug-likeness (QED) is 0.148. The Morgan fingerprint density at radius 1 is 0.481 bits per heavy atom. The third kappa shape index (κ3) is 6.61. The van der Waals surface area contributed by atoms with Gasteiger partial charge in [-0.25, -0.2) is 4.98 Å². The highest BCUT2D eigenvalue weighted by atomic mass is 15.2. The number of hydrogen-bond acceptors (Lipinski definition) is 3. The zero-order chi connectivity index (χ0) is 37.3. The number of nitrogens with zero attached hydrogens (tertiary/aromatic N) is 3. The highest BCUT2D eigenvalue weighted by Gasteiger charge is 2.29. The molecule has 0 aliphatic heterocycles. The molecule has 8 aromatic rings. The van der Waals surface area contributed by atoms with E-state index in [0.29, 0.717) is 0 Å². The Bertz CT molecular complexity index is 2490. The fraction of sp³-hybridized carbons (Fsp3) is 0.120. The summed E-state index contributed by atoms with van der Waals surface area (Å²) in [6.07, 6.45) is 3.79. The Balaban J connectivity index is 1.33. The van der Waals surface area contributed by atoms with Crippen molar-refractivity contribution < 1.29 is 0 Å². The summed E-state index contributed by atoms with van der Waals surface area (Å²) in [7, 11) is 0. The highest BCUT2D eigenvalue weighted by molar-refractivity contribution is 6.96. The predicted molar refractivity (Wildman–Crippen MR) is 231 cm³/mol. The third-order valence-corrected chi connectivity index (χ3v) is 10.7. The molecule has 1 aromatic heterocycles. The van der Waals surface area contributed by atoms with Gasteiger partial charge in [-0.3, -0.25) is 9.88 Å². The first-order chi connectivity index (χ1) is 26.3. The van der Waals surface area contributed by atoms with Crippen LogP contribution in [0, 0.1) is 41.5 Å². The summed E-state index contributed by atoms with van der Waals surface area (Å²) >= 11 is 0. The first kappa shape index (κ1) is 34.8. The number of benzene rings is 7. The Morgan fingerprint density at radius 2 is 1.02 bits per heavy atom. The Labute approximate surface area is 320 Å². The second kappa shape index (κ2) is 14.6. The van der Waals surface area contributed by atoms with Crippen LogP contribution in [0.5, 0.6) is 0 Å². The lowest BCUT2D eigenvalue weighted by Gasteiger charge is -2.28. The van der Waals surface area contributed by atoms with Gasteiger partial charge in [-0.1, -0.05) is 177 Å². The van der Waals surface area contributed by atoms with Crippen LogP contribution in [0.3, 0.4) is 0 Å². The second-order valence-electron chi connectivity index (χ2n) is 14.7. The van der Waals surface area contributed by atoms with Gasteiger partial charge in [0.1, 0.15) is 0 Å². The van der Waals surface area contributed by atoms with Crippen LogP contribution in [0.25, 0.3) is 33.2 Å². The van der Waals surface area contributed by atoms with Crippen LogP contribution in [0.4, 0.5) is 17.2 Å². The van der Waals surface area contributed by atoms with Crippen LogP contribution in [0.2, 0.25) is 0 Å². The molecule has 262 valence electrons. The number of anilines is 3. The maximum atomic E-state index is 5.10. The Kier molecular flexibility index (Phi) is 9.44. The smallest absolute Gasteiger partial charge is 0.242 e. The first-order valence-corrected chi connectivity index (χ1v) is 18.8. The SMILES string of the molecule is Cc1cc(C)c(B(c2ccc(N(c3cnc(-c4ccccc4)cn3)c3ccc4ccccc4c3-c3ccccc3)cc2)c2c(C)cc(C)cc2C)c(C)c1. The van der Waals surface area contributed by atoms with Crippen LogP contribution < -0.4 is 21.3 Å². The van der Waals surface area contributed by atoms with Crippen molar-refractivity contribution in [3.05, 3.63) is 191 Å². The molecule has 0 N–H and O–H groups in total. The summed E-state index contributed by atoms with van der Waals surface area (Å²) in [5.41, 5.74) is 18.1. The van der Waals surface area contributed by atoms with Crippen molar-refractivity contribution in [3.63, 3.8) is 0 Å². The fourth-order valence-corrected chi connectivity index (χ4v) is 8.53. The summed E-state index contributed by atoms with van der Waals surface area (Å²) in [4.78, 5) is 12.3. The van der Waals surface area contributed by atoms with Crippen molar-refractivity contribution in [1.82, 2.24) is 9.97 Å². The number of rotatable bonds is 8. The van der Waals surface area contributed by atoms with Gasteiger partial charge in [0.25, 0.3) is 0 Å². The van der Waals surface area contributed by atoms with Gasteiger partial charge in [-0.05, 0) is 76.1 Å². The van der Waals surface area contributed by atoms with Gasteiger partial charge < -0.3 is 0 Å². The van der Waals surface area contributed by atoms with Crippen LogP contribution in [-0.2, 0) is 0 Å². The van der Waals surface area contributed by atoms with Crippen molar-refractivity contribution in [1.29, 1.82) is 0 Å². The molecule has 0 fully saturated rings. The topological polar surface area (TPSA) is 29.0 Å². The minimum atomic E-state index is 0.0826. The monoisotopic (exact) mass is 697 g/mol. The fourth-order valence-electron chi connectivity index (χ4n) is 8.53. The number of fused-ring (bicyclic) bond motifs is 1. The number of aryl methyl sites for hydroxylation is 6. The van der Waals surface area contributed by atoms with Crippen molar-refractivity contribution >= 4 is 51.1 Å². The lowest BCUT2D eigenvalue weighted by Crippen LogP contribution is -2.55. The van der Waals surface area contributed by atoms with Crippen LogP contribution in [-0.4, -0.2) is 16.7 Å². The summed E-state index contributed by atoms with van der Waals surface area (Å²) in [6, 6.07) is 52.5. The molecule has 0 spiro atoms. The number of aromatic nitrogens is 2. The molecule has 0 aliphatic rings. The van der Waals surface area contributed by atoms with Gasteiger partial charge in [-0.15, -0.1) is 0 Å². The molecule has 0 unspecified atom stereocenters. The van der Waals surface area contributed by atoms with Crippen LogP contribution >= 0.6 is 0 Å². The largest absolute Gasteiger partial charge is 0.293 e. The maximum Gasteiger partial charge on any atom is 0.242 e. The zero-order valence-electron chi connectivity index (χ0n) is 31.9. The van der Waals surface area contributed by atoms with E-state index in [4.69, 9.17) is 9.97 Å². The molecule has 0 saturated carbocycles. The van der Waals surface area contributed by atoms with Gasteiger partial charge in [0, 0.05) is 16.8 Å². The molecule has 0 radical (unpaired) electrons. The van der Waals surface area contributed by atoms with Gasteiger partial charge in [0.15, 0.2) is 5.82 Å². The molecule has 0 saturated heterocycles. The minimum Gasteiger partial charge on any atom is -0.293 e. The summed E-state index contributed by atoms with van der Waals surface area (Å²) in [5, 5.41) is 2.38. The van der Waals surface area contributed by atoms with Gasteiger partial charge in [0.2, 0.25) is 6.71 Å². The molecule has 3 nitrogen and oxygen atoms in total. The molecule has 0 amide bonds. The molecule has 0 bridgehead atoms. The molecular weight excluding hydrogens is 653 g/mol. The van der Waals surface area contributed by atoms with Crippen molar-refractivity contribution in [2.75, 3.05) is 4.90 Å². The van der Waals surface area contributed by atoms with E-state index in [-0.39, 0.29) is 6.71 Å². The van der Waals surface area contributed by atoms with Gasteiger partial charge >= 0.3 is 0 Å². The predicted octanol–water partition coefficient (Wildman–Crippen LogP) is 10.8. The first-order valence-electron chi connectivity index (χ1n) is 18.8.